The van der Waals surface area contributed by atoms with Gasteiger partial charge in [-0.3, -0.25) is 19.4 Å². The van der Waals surface area contributed by atoms with E-state index in [0.29, 0.717) is 44.2 Å². The maximum atomic E-state index is 13.0. The fourth-order valence-corrected chi connectivity index (χ4v) is 3.80. The molecule has 1 aliphatic heterocycles. The summed E-state index contributed by atoms with van der Waals surface area (Å²) in [4.78, 5) is 33.9. The van der Waals surface area contributed by atoms with E-state index in [1.165, 1.54) is 0 Å². The van der Waals surface area contributed by atoms with Gasteiger partial charge in [-0.2, -0.15) is 10.2 Å². The quantitative estimate of drug-likeness (QED) is 0.823. The number of hydrogen-bond acceptors (Lipinski definition) is 5. The second-order valence-corrected chi connectivity index (χ2v) is 8.07. The van der Waals surface area contributed by atoms with Crippen LogP contribution in [-0.4, -0.2) is 66.2 Å². The summed E-state index contributed by atoms with van der Waals surface area (Å²) in [5.74, 6) is 1.27. The molecule has 1 unspecified atom stereocenters. The van der Waals surface area contributed by atoms with Crippen molar-refractivity contribution in [3.05, 3.63) is 29.1 Å². The maximum Gasteiger partial charge on any atom is 0.225 e. The normalized spacial score (nSPS) is 17.7. The number of nitrogens with zero attached hydrogens (tertiary/aromatic N) is 6. The Bertz CT molecular complexity index is 870. The van der Waals surface area contributed by atoms with E-state index in [2.05, 4.69) is 20.3 Å². The Hall–Kier alpha value is -2.71. The second-order valence-electron chi connectivity index (χ2n) is 8.07. The summed E-state index contributed by atoms with van der Waals surface area (Å²) in [5.41, 5.74) is 2.00. The molecule has 9 heteroatoms. The van der Waals surface area contributed by atoms with Gasteiger partial charge in [0.1, 0.15) is 11.9 Å². The number of hydrogen-bond donors (Lipinski definition) is 1. The predicted molar refractivity (Wildman–Crippen MR) is 108 cm³/mol. The summed E-state index contributed by atoms with van der Waals surface area (Å²) in [6.07, 6.45) is 1.11. The van der Waals surface area contributed by atoms with E-state index in [4.69, 9.17) is 0 Å². The summed E-state index contributed by atoms with van der Waals surface area (Å²) in [6, 6.07) is 1.67. The second kappa shape index (κ2) is 8.75. The number of aryl methyl sites for hydroxylation is 4. The van der Waals surface area contributed by atoms with Crippen molar-refractivity contribution < 1.29 is 9.59 Å². The Balaban J connectivity index is 1.75. The lowest BCUT2D eigenvalue weighted by molar-refractivity contribution is -0.138. The summed E-state index contributed by atoms with van der Waals surface area (Å²) in [6.45, 7) is 11.7. The van der Waals surface area contributed by atoms with E-state index in [1.807, 2.05) is 55.2 Å². The van der Waals surface area contributed by atoms with Crippen LogP contribution in [0.4, 0.5) is 0 Å². The minimum atomic E-state index is -0.338. The third kappa shape index (κ3) is 4.83. The molecule has 0 spiro atoms. The van der Waals surface area contributed by atoms with Gasteiger partial charge in [-0.25, -0.2) is 4.98 Å². The van der Waals surface area contributed by atoms with Crippen LogP contribution < -0.4 is 0 Å². The number of H-pyrrole nitrogens is 1. The number of carbonyl (C=O) groups is 2. The molecule has 1 N–H and O–H groups in total. The lowest BCUT2D eigenvalue weighted by Gasteiger charge is -2.31. The summed E-state index contributed by atoms with van der Waals surface area (Å²) >= 11 is 0. The highest BCUT2D eigenvalue weighted by Gasteiger charge is 2.34. The predicted octanol–water partition coefficient (Wildman–Crippen LogP) is 1.77. The number of rotatable bonds is 5. The van der Waals surface area contributed by atoms with Crippen molar-refractivity contribution in [3.8, 4) is 0 Å². The molecule has 2 amide bonds. The van der Waals surface area contributed by atoms with E-state index in [9.17, 15) is 9.59 Å². The summed E-state index contributed by atoms with van der Waals surface area (Å²) in [7, 11) is 0. The SMILES string of the molecule is Cc1cc(C)n(CCC(=O)N2CCCN(C(=O)C(C)C)C(c3n[nH]c(C)n3)C2)n1. The number of nitrogens with one attached hydrogen (secondary N) is 1. The van der Waals surface area contributed by atoms with Gasteiger partial charge in [-0.15, -0.1) is 0 Å². The molecular weight excluding hydrogens is 370 g/mol. The van der Waals surface area contributed by atoms with Gasteiger partial charge in [-0.05, 0) is 33.3 Å². The molecule has 9 nitrogen and oxygen atoms in total. The Labute approximate surface area is 171 Å². The topological polar surface area (TPSA) is 100 Å². The van der Waals surface area contributed by atoms with Crippen LogP contribution >= 0.6 is 0 Å². The monoisotopic (exact) mass is 401 g/mol. The standard InChI is InChI=1S/C20H31N7O2/c1-13(2)20(29)26-9-6-8-25(12-17(26)19-21-16(5)22-23-19)18(28)7-10-27-15(4)11-14(3)24-27/h11,13,17H,6-10,12H2,1-5H3,(H,21,22,23). The van der Waals surface area contributed by atoms with Gasteiger partial charge in [0, 0.05) is 44.2 Å². The van der Waals surface area contributed by atoms with Crippen LogP contribution in [0.2, 0.25) is 0 Å². The van der Waals surface area contributed by atoms with Gasteiger partial charge < -0.3 is 9.80 Å². The van der Waals surface area contributed by atoms with Crippen molar-refractivity contribution in [3.63, 3.8) is 0 Å². The molecule has 1 aliphatic rings. The van der Waals surface area contributed by atoms with Gasteiger partial charge in [0.25, 0.3) is 0 Å². The molecule has 0 radical (unpaired) electrons. The van der Waals surface area contributed by atoms with Crippen molar-refractivity contribution >= 4 is 11.8 Å². The zero-order valence-electron chi connectivity index (χ0n) is 18.0. The van der Waals surface area contributed by atoms with E-state index < -0.39 is 0 Å². The Morgan fingerprint density at radius 3 is 2.59 bits per heavy atom. The van der Waals surface area contributed by atoms with Crippen molar-refractivity contribution in [2.45, 2.75) is 60.0 Å². The highest BCUT2D eigenvalue weighted by molar-refractivity contribution is 5.79. The van der Waals surface area contributed by atoms with E-state index in [0.717, 1.165) is 17.8 Å². The van der Waals surface area contributed by atoms with Gasteiger partial charge in [0.15, 0.2) is 5.82 Å². The molecule has 2 aromatic heterocycles. The molecule has 2 aromatic rings. The van der Waals surface area contributed by atoms with Crippen LogP contribution in [-0.2, 0) is 16.1 Å². The van der Waals surface area contributed by atoms with Crippen LogP contribution in [0.1, 0.15) is 55.8 Å². The first-order chi connectivity index (χ1) is 13.8. The molecule has 1 fully saturated rings. The molecule has 0 saturated carbocycles. The average molecular weight is 402 g/mol. The molecule has 0 aromatic carbocycles. The zero-order chi connectivity index (χ0) is 21.1. The molecule has 3 heterocycles. The Kier molecular flexibility index (Phi) is 6.34. The Morgan fingerprint density at radius 2 is 2.00 bits per heavy atom. The first kappa shape index (κ1) is 21.0. The largest absolute Gasteiger partial charge is 0.340 e. The molecule has 1 atom stereocenters. The number of aromatic amines is 1. The summed E-state index contributed by atoms with van der Waals surface area (Å²) < 4.78 is 1.87. The fourth-order valence-electron chi connectivity index (χ4n) is 3.80. The lowest BCUT2D eigenvalue weighted by Crippen LogP contribution is -2.42. The van der Waals surface area contributed by atoms with Crippen LogP contribution in [0.5, 0.6) is 0 Å². The molecular formula is C20H31N7O2. The Morgan fingerprint density at radius 1 is 1.24 bits per heavy atom. The fraction of sp³-hybridized carbons (Fsp3) is 0.650. The first-order valence-electron chi connectivity index (χ1n) is 10.2. The highest BCUT2D eigenvalue weighted by Crippen LogP contribution is 2.25. The van der Waals surface area contributed by atoms with Crippen molar-refractivity contribution in [2.24, 2.45) is 5.92 Å². The average Bonchev–Trinajstić information content (AvgIpc) is 3.15. The van der Waals surface area contributed by atoms with Crippen LogP contribution in [0.15, 0.2) is 6.07 Å². The zero-order valence-corrected chi connectivity index (χ0v) is 18.0. The van der Waals surface area contributed by atoms with Crippen LogP contribution in [0, 0.1) is 26.7 Å². The third-order valence-corrected chi connectivity index (χ3v) is 5.28. The van der Waals surface area contributed by atoms with Crippen LogP contribution in [0.25, 0.3) is 0 Å². The van der Waals surface area contributed by atoms with Crippen molar-refractivity contribution in [1.82, 2.24) is 34.8 Å². The molecule has 1 saturated heterocycles. The maximum absolute atomic E-state index is 13.0. The first-order valence-corrected chi connectivity index (χ1v) is 10.2. The van der Waals surface area contributed by atoms with Gasteiger partial charge >= 0.3 is 0 Å². The van der Waals surface area contributed by atoms with E-state index in [1.54, 1.807) is 0 Å². The molecule has 158 valence electrons. The summed E-state index contributed by atoms with van der Waals surface area (Å²) in [5, 5.41) is 11.6. The smallest absolute Gasteiger partial charge is 0.225 e. The van der Waals surface area contributed by atoms with Crippen LogP contribution in [0.3, 0.4) is 0 Å². The molecule has 0 bridgehead atoms. The van der Waals surface area contributed by atoms with E-state index >= 15 is 0 Å². The van der Waals surface area contributed by atoms with Gasteiger partial charge in [0.05, 0.1) is 5.69 Å². The minimum Gasteiger partial charge on any atom is -0.340 e. The highest BCUT2D eigenvalue weighted by atomic mass is 16.2. The lowest BCUT2D eigenvalue weighted by atomic mass is 10.1. The minimum absolute atomic E-state index is 0.0636. The van der Waals surface area contributed by atoms with Gasteiger partial charge in [0.2, 0.25) is 11.8 Å². The molecule has 0 aliphatic carbocycles. The number of aromatic nitrogens is 5. The number of amides is 2. The molecule has 29 heavy (non-hydrogen) atoms. The van der Waals surface area contributed by atoms with Gasteiger partial charge in [-0.1, -0.05) is 13.8 Å². The molecule has 3 rings (SSSR count). The van der Waals surface area contributed by atoms with Crippen molar-refractivity contribution in [1.29, 1.82) is 0 Å². The van der Waals surface area contributed by atoms with E-state index in [-0.39, 0.29) is 23.8 Å². The number of carbonyl (C=O) groups excluding carboxylic acids is 2. The van der Waals surface area contributed by atoms with Crippen molar-refractivity contribution in [2.75, 3.05) is 19.6 Å². The third-order valence-electron chi connectivity index (χ3n) is 5.28.